The molecule has 6 nitrogen and oxygen atoms in total. The van der Waals surface area contributed by atoms with Crippen LogP contribution in [0.2, 0.25) is 0 Å². The van der Waals surface area contributed by atoms with Crippen molar-refractivity contribution in [3.8, 4) is 0 Å². The molecular weight excluding hydrogens is 294 g/mol. The van der Waals surface area contributed by atoms with E-state index in [4.69, 9.17) is 4.74 Å². The average Bonchev–Trinajstić information content (AvgIpc) is 2.93. The Morgan fingerprint density at radius 3 is 2.33 bits per heavy atom. The third-order valence-electron chi connectivity index (χ3n) is 4.18. The first-order chi connectivity index (χ1) is 9.79. The third-order valence-corrected chi connectivity index (χ3v) is 6.45. The number of amides is 1. The Morgan fingerprint density at radius 2 is 1.86 bits per heavy atom. The van der Waals surface area contributed by atoms with Crippen molar-refractivity contribution in [2.75, 3.05) is 19.4 Å². The van der Waals surface area contributed by atoms with Crippen LogP contribution in [-0.2, 0) is 24.2 Å². The molecule has 21 heavy (non-hydrogen) atoms. The van der Waals surface area contributed by atoms with Crippen molar-refractivity contribution in [2.24, 2.45) is 5.41 Å². The fourth-order valence-corrected chi connectivity index (χ4v) is 4.08. The number of methoxy groups -OCH3 is 1. The highest BCUT2D eigenvalue weighted by Gasteiger charge is 2.43. The van der Waals surface area contributed by atoms with E-state index in [1.54, 1.807) is 6.92 Å². The van der Waals surface area contributed by atoms with Crippen molar-refractivity contribution < 1.29 is 22.7 Å². The molecular formula is C14H25NO5S. The zero-order valence-corrected chi connectivity index (χ0v) is 13.8. The van der Waals surface area contributed by atoms with Gasteiger partial charge < -0.3 is 10.1 Å². The number of sulfone groups is 1. The maximum atomic E-state index is 12.0. The summed E-state index contributed by atoms with van der Waals surface area (Å²) in [4.78, 5) is 24.0. The average molecular weight is 319 g/mol. The number of hydrogen-bond donors (Lipinski definition) is 1. The molecule has 0 aromatic rings. The van der Waals surface area contributed by atoms with Crippen LogP contribution in [0.4, 0.5) is 0 Å². The number of ether oxygens (including phenoxy) is 1. The van der Waals surface area contributed by atoms with Gasteiger partial charge in [0.15, 0.2) is 9.84 Å². The van der Waals surface area contributed by atoms with Gasteiger partial charge in [0.25, 0.3) is 0 Å². The number of esters is 1. The van der Waals surface area contributed by atoms with Crippen LogP contribution in [0.1, 0.15) is 46.0 Å². The number of nitrogens with one attached hydrogen (secondary N) is 1. The van der Waals surface area contributed by atoms with Crippen molar-refractivity contribution >= 4 is 21.7 Å². The van der Waals surface area contributed by atoms with E-state index in [9.17, 15) is 18.0 Å². The second kappa shape index (κ2) is 7.24. The van der Waals surface area contributed by atoms with E-state index in [1.807, 2.05) is 0 Å². The molecule has 0 aromatic carbocycles. The summed E-state index contributed by atoms with van der Waals surface area (Å²) in [6.07, 6.45) is 3.63. The molecule has 1 atom stereocenters. The molecule has 0 radical (unpaired) electrons. The van der Waals surface area contributed by atoms with Gasteiger partial charge in [-0.2, -0.15) is 0 Å². The van der Waals surface area contributed by atoms with Crippen molar-refractivity contribution in [3.05, 3.63) is 0 Å². The maximum absolute atomic E-state index is 12.0. The summed E-state index contributed by atoms with van der Waals surface area (Å²) in [6, 6.07) is 0. The fraction of sp³-hybridized carbons (Fsp3) is 0.857. The Kier molecular flexibility index (Phi) is 6.19. The van der Waals surface area contributed by atoms with E-state index in [-0.39, 0.29) is 18.3 Å². The van der Waals surface area contributed by atoms with Crippen LogP contribution < -0.4 is 5.32 Å². The zero-order valence-electron chi connectivity index (χ0n) is 13.0. The van der Waals surface area contributed by atoms with E-state index in [0.29, 0.717) is 19.3 Å². The molecule has 1 aliphatic rings. The summed E-state index contributed by atoms with van der Waals surface area (Å²) in [7, 11) is -2.10. The van der Waals surface area contributed by atoms with Crippen LogP contribution in [0.15, 0.2) is 0 Å². The molecule has 0 heterocycles. The Labute approximate surface area is 126 Å². The van der Waals surface area contributed by atoms with Gasteiger partial charge in [0.05, 0.1) is 18.3 Å². The number of rotatable bonds is 7. The fourth-order valence-electron chi connectivity index (χ4n) is 2.75. The lowest BCUT2D eigenvalue weighted by Crippen LogP contribution is -2.46. The second-order valence-corrected chi connectivity index (χ2v) is 8.15. The molecule has 0 bridgehead atoms. The molecule has 0 spiro atoms. The lowest BCUT2D eigenvalue weighted by Gasteiger charge is -2.26. The minimum Gasteiger partial charge on any atom is -0.469 e. The van der Waals surface area contributed by atoms with Gasteiger partial charge in [0.2, 0.25) is 5.91 Å². The molecule has 1 aliphatic carbocycles. The molecule has 0 aliphatic heterocycles. The molecule has 0 saturated heterocycles. The first-order valence-electron chi connectivity index (χ1n) is 7.37. The summed E-state index contributed by atoms with van der Waals surface area (Å²) >= 11 is 0. The molecule has 7 heteroatoms. The SMILES string of the molecule is CCCS(=O)(=O)[C@@H](C)C(=O)NCC1(C(=O)OC)CCCC1. The normalized spacial score (nSPS) is 19.0. The van der Waals surface area contributed by atoms with Gasteiger partial charge in [-0.1, -0.05) is 19.8 Å². The topological polar surface area (TPSA) is 89.5 Å². The Balaban J connectivity index is 2.69. The summed E-state index contributed by atoms with van der Waals surface area (Å²) in [5.41, 5.74) is -0.696. The summed E-state index contributed by atoms with van der Waals surface area (Å²) in [6.45, 7) is 3.29. The van der Waals surface area contributed by atoms with Gasteiger partial charge in [-0.3, -0.25) is 9.59 Å². The summed E-state index contributed by atoms with van der Waals surface area (Å²) in [5.74, 6) is -0.882. The summed E-state index contributed by atoms with van der Waals surface area (Å²) < 4.78 is 28.6. The van der Waals surface area contributed by atoms with E-state index >= 15 is 0 Å². The highest BCUT2D eigenvalue weighted by molar-refractivity contribution is 7.92. The first-order valence-corrected chi connectivity index (χ1v) is 9.08. The van der Waals surface area contributed by atoms with Gasteiger partial charge in [0.1, 0.15) is 5.25 Å². The molecule has 0 unspecified atom stereocenters. The molecule has 1 saturated carbocycles. The van der Waals surface area contributed by atoms with Gasteiger partial charge in [0, 0.05) is 6.54 Å². The highest BCUT2D eigenvalue weighted by Crippen LogP contribution is 2.38. The standard InChI is InChI=1S/C14H25NO5S/c1-4-9-21(18,19)11(2)12(16)15-10-14(13(17)20-3)7-5-6-8-14/h11H,4-10H2,1-3H3,(H,15,16)/t11-/m0/s1. The molecule has 1 N–H and O–H groups in total. The van der Waals surface area contributed by atoms with Gasteiger partial charge in [-0.25, -0.2) is 8.42 Å². The predicted molar refractivity (Wildman–Crippen MR) is 79.5 cm³/mol. The molecule has 1 amide bonds. The van der Waals surface area contributed by atoms with Crippen LogP contribution in [0.25, 0.3) is 0 Å². The van der Waals surface area contributed by atoms with E-state index in [1.165, 1.54) is 14.0 Å². The van der Waals surface area contributed by atoms with Gasteiger partial charge in [-0.05, 0) is 26.2 Å². The van der Waals surface area contributed by atoms with Crippen LogP contribution >= 0.6 is 0 Å². The number of hydrogen-bond acceptors (Lipinski definition) is 5. The van der Waals surface area contributed by atoms with Crippen LogP contribution in [0.5, 0.6) is 0 Å². The van der Waals surface area contributed by atoms with Gasteiger partial charge in [-0.15, -0.1) is 0 Å². The predicted octanol–water partition coefficient (Wildman–Crippen LogP) is 1.05. The molecule has 1 rings (SSSR count). The van der Waals surface area contributed by atoms with Crippen molar-refractivity contribution in [1.82, 2.24) is 5.32 Å². The lowest BCUT2D eigenvalue weighted by molar-refractivity contribution is -0.152. The quantitative estimate of drug-likeness (QED) is 0.708. The molecule has 0 aromatic heterocycles. The van der Waals surface area contributed by atoms with E-state index in [0.717, 1.165) is 12.8 Å². The van der Waals surface area contributed by atoms with Crippen LogP contribution in [0.3, 0.4) is 0 Å². The van der Waals surface area contributed by atoms with Crippen LogP contribution in [0, 0.1) is 5.41 Å². The molecule has 1 fully saturated rings. The van der Waals surface area contributed by atoms with Crippen molar-refractivity contribution in [1.29, 1.82) is 0 Å². The number of carbonyl (C=O) groups excluding carboxylic acids is 2. The second-order valence-electron chi connectivity index (χ2n) is 5.71. The van der Waals surface area contributed by atoms with Crippen molar-refractivity contribution in [2.45, 2.75) is 51.2 Å². The smallest absolute Gasteiger partial charge is 0.313 e. The van der Waals surface area contributed by atoms with E-state index < -0.39 is 26.4 Å². The van der Waals surface area contributed by atoms with E-state index in [2.05, 4.69) is 5.32 Å². The zero-order chi connectivity index (χ0) is 16.1. The minimum atomic E-state index is -3.43. The van der Waals surface area contributed by atoms with Gasteiger partial charge >= 0.3 is 5.97 Å². The lowest BCUT2D eigenvalue weighted by atomic mass is 9.86. The Bertz CT molecular complexity index is 480. The minimum absolute atomic E-state index is 0.0102. The third kappa shape index (κ3) is 4.18. The first kappa shape index (κ1) is 17.9. The Morgan fingerprint density at radius 1 is 1.29 bits per heavy atom. The molecule has 122 valence electrons. The van der Waals surface area contributed by atoms with Crippen LogP contribution in [-0.4, -0.2) is 45.0 Å². The highest BCUT2D eigenvalue weighted by atomic mass is 32.2. The van der Waals surface area contributed by atoms with Crippen molar-refractivity contribution in [3.63, 3.8) is 0 Å². The maximum Gasteiger partial charge on any atom is 0.313 e. The summed E-state index contributed by atoms with van der Waals surface area (Å²) in [5, 5.41) is 1.54. The monoisotopic (exact) mass is 319 g/mol. The largest absolute Gasteiger partial charge is 0.469 e. The number of carbonyl (C=O) groups is 2. The Hall–Kier alpha value is -1.11.